The Balaban J connectivity index is 1.79. The number of carbonyl (C=O) groups is 1. The molecule has 3 rings (SSSR count). The number of carbonyl (C=O) groups excluding carboxylic acids is 1. The summed E-state index contributed by atoms with van der Waals surface area (Å²) in [7, 11) is 0. The molecule has 1 aliphatic carbocycles. The molecule has 0 unspecified atom stereocenters. The van der Waals surface area contributed by atoms with E-state index in [4.69, 9.17) is 10.2 Å². The van der Waals surface area contributed by atoms with Crippen LogP contribution >= 0.6 is 0 Å². The average Bonchev–Trinajstić information content (AvgIpc) is 3.04. The molecule has 2 aromatic rings. The van der Waals surface area contributed by atoms with Crippen molar-refractivity contribution in [3.8, 4) is 11.5 Å². The van der Waals surface area contributed by atoms with E-state index in [0.29, 0.717) is 23.3 Å². The van der Waals surface area contributed by atoms with Crippen LogP contribution in [0.25, 0.3) is 11.5 Å². The van der Waals surface area contributed by atoms with Gasteiger partial charge in [0.1, 0.15) is 6.26 Å². The van der Waals surface area contributed by atoms with Gasteiger partial charge >= 0.3 is 0 Å². The largest absolute Gasteiger partial charge is 0.444 e. The van der Waals surface area contributed by atoms with Crippen LogP contribution in [0.4, 0.5) is 5.69 Å². The molecular weight excluding hydrogens is 230 g/mol. The molecule has 1 aromatic heterocycles. The quantitative estimate of drug-likeness (QED) is 0.805. The maximum atomic E-state index is 11.7. The smallest absolute Gasteiger partial charge is 0.273 e. The first kappa shape index (κ1) is 10.8. The van der Waals surface area contributed by atoms with E-state index < -0.39 is 0 Å². The van der Waals surface area contributed by atoms with Gasteiger partial charge in [-0.2, -0.15) is 0 Å². The highest BCUT2D eigenvalue weighted by molar-refractivity contribution is 5.92. The van der Waals surface area contributed by atoms with E-state index in [0.717, 1.165) is 18.4 Å². The normalized spacial score (nSPS) is 14.4. The molecule has 1 aromatic carbocycles. The molecule has 0 atom stereocenters. The van der Waals surface area contributed by atoms with Crippen molar-refractivity contribution in [2.75, 3.05) is 5.73 Å². The first-order chi connectivity index (χ1) is 8.72. The molecule has 5 nitrogen and oxygen atoms in total. The Morgan fingerprint density at radius 1 is 1.33 bits per heavy atom. The zero-order chi connectivity index (χ0) is 12.5. The van der Waals surface area contributed by atoms with Crippen molar-refractivity contribution in [2.24, 2.45) is 0 Å². The van der Waals surface area contributed by atoms with Crippen molar-refractivity contribution >= 4 is 11.6 Å². The van der Waals surface area contributed by atoms with Crippen molar-refractivity contribution in [1.29, 1.82) is 0 Å². The number of oxazole rings is 1. The summed E-state index contributed by atoms with van der Waals surface area (Å²) < 4.78 is 5.30. The van der Waals surface area contributed by atoms with Crippen LogP contribution in [-0.4, -0.2) is 16.9 Å². The van der Waals surface area contributed by atoms with E-state index in [2.05, 4.69) is 10.3 Å². The fourth-order valence-electron chi connectivity index (χ4n) is 1.62. The Hall–Kier alpha value is -2.30. The van der Waals surface area contributed by atoms with Crippen LogP contribution in [-0.2, 0) is 0 Å². The zero-order valence-electron chi connectivity index (χ0n) is 9.72. The second kappa shape index (κ2) is 4.18. The van der Waals surface area contributed by atoms with Gasteiger partial charge in [-0.1, -0.05) is 0 Å². The topological polar surface area (TPSA) is 81.1 Å². The molecule has 1 fully saturated rings. The molecule has 0 saturated heterocycles. The number of hydrogen-bond donors (Lipinski definition) is 2. The van der Waals surface area contributed by atoms with Gasteiger partial charge in [0.05, 0.1) is 0 Å². The minimum Gasteiger partial charge on any atom is -0.444 e. The number of amides is 1. The number of nitrogens with one attached hydrogen (secondary N) is 1. The van der Waals surface area contributed by atoms with Crippen LogP contribution < -0.4 is 11.1 Å². The summed E-state index contributed by atoms with van der Waals surface area (Å²) in [6.45, 7) is 0. The van der Waals surface area contributed by atoms with Crippen LogP contribution in [0.3, 0.4) is 0 Å². The molecule has 1 aliphatic rings. The van der Waals surface area contributed by atoms with E-state index in [1.807, 2.05) is 12.1 Å². The standard InChI is InChI=1S/C13H13N3O2/c14-9-3-1-8(2-4-9)13-16-11(7-18-13)12(17)15-10-5-6-10/h1-4,7,10H,5-6,14H2,(H,15,17). The SMILES string of the molecule is Nc1ccc(-c2nc(C(=O)NC3CC3)co2)cc1. The molecule has 0 aliphatic heterocycles. The van der Waals surface area contributed by atoms with E-state index >= 15 is 0 Å². The van der Waals surface area contributed by atoms with Gasteiger partial charge < -0.3 is 15.5 Å². The lowest BCUT2D eigenvalue weighted by atomic mass is 10.2. The summed E-state index contributed by atoms with van der Waals surface area (Å²) in [6, 6.07) is 7.47. The summed E-state index contributed by atoms with van der Waals surface area (Å²) in [5.74, 6) is 0.249. The lowest BCUT2D eigenvalue weighted by Crippen LogP contribution is -2.25. The second-order valence-electron chi connectivity index (χ2n) is 4.41. The molecule has 5 heteroatoms. The molecule has 0 radical (unpaired) electrons. The minimum absolute atomic E-state index is 0.178. The number of anilines is 1. The van der Waals surface area contributed by atoms with Gasteiger partial charge in [0, 0.05) is 17.3 Å². The molecule has 3 N–H and O–H groups in total. The van der Waals surface area contributed by atoms with Crippen molar-refractivity contribution < 1.29 is 9.21 Å². The van der Waals surface area contributed by atoms with Gasteiger partial charge in [0.15, 0.2) is 5.69 Å². The second-order valence-corrected chi connectivity index (χ2v) is 4.41. The average molecular weight is 243 g/mol. The number of benzene rings is 1. The highest BCUT2D eigenvalue weighted by atomic mass is 16.3. The Morgan fingerprint density at radius 2 is 2.06 bits per heavy atom. The summed E-state index contributed by atoms with van der Waals surface area (Å²) in [4.78, 5) is 15.9. The van der Waals surface area contributed by atoms with Crippen molar-refractivity contribution in [2.45, 2.75) is 18.9 Å². The van der Waals surface area contributed by atoms with Crippen molar-refractivity contribution in [1.82, 2.24) is 10.3 Å². The van der Waals surface area contributed by atoms with E-state index in [9.17, 15) is 4.79 Å². The lowest BCUT2D eigenvalue weighted by molar-refractivity contribution is 0.0946. The van der Waals surface area contributed by atoms with Crippen LogP contribution in [0.1, 0.15) is 23.3 Å². The molecule has 1 amide bonds. The highest BCUT2D eigenvalue weighted by Gasteiger charge is 2.25. The van der Waals surface area contributed by atoms with Gasteiger partial charge in [0.2, 0.25) is 5.89 Å². The van der Waals surface area contributed by atoms with Crippen LogP contribution in [0.2, 0.25) is 0 Å². The first-order valence-electron chi connectivity index (χ1n) is 5.85. The lowest BCUT2D eigenvalue weighted by Gasteiger charge is -1.97. The van der Waals surface area contributed by atoms with Crippen molar-refractivity contribution in [3.63, 3.8) is 0 Å². The highest BCUT2D eigenvalue weighted by Crippen LogP contribution is 2.21. The first-order valence-corrected chi connectivity index (χ1v) is 5.85. The number of nitrogens with two attached hydrogens (primary N) is 1. The van der Waals surface area contributed by atoms with E-state index in [1.54, 1.807) is 12.1 Å². The fourth-order valence-corrected chi connectivity index (χ4v) is 1.62. The number of aromatic nitrogens is 1. The molecule has 1 saturated carbocycles. The maximum Gasteiger partial charge on any atom is 0.273 e. The van der Waals surface area contributed by atoms with E-state index in [1.165, 1.54) is 6.26 Å². The van der Waals surface area contributed by atoms with Gasteiger partial charge in [-0.15, -0.1) is 0 Å². The summed E-state index contributed by atoms with van der Waals surface area (Å²) in [5.41, 5.74) is 7.40. The maximum absolute atomic E-state index is 11.7. The van der Waals surface area contributed by atoms with Gasteiger partial charge in [-0.25, -0.2) is 4.98 Å². The monoisotopic (exact) mass is 243 g/mol. The molecular formula is C13H13N3O2. The van der Waals surface area contributed by atoms with Crippen LogP contribution in [0.15, 0.2) is 34.9 Å². The van der Waals surface area contributed by atoms with Gasteiger partial charge in [0.25, 0.3) is 5.91 Å². The van der Waals surface area contributed by atoms with E-state index in [-0.39, 0.29) is 5.91 Å². The number of hydrogen-bond acceptors (Lipinski definition) is 4. The van der Waals surface area contributed by atoms with Gasteiger partial charge in [-0.05, 0) is 37.1 Å². The third kappa shape index (κ3) is 2.20. The Bertz CT molecular complexity index is 570. The van der Waals surface area contributed by atoms with Crippen LogP contribution in [0, 0.1) is 0 Å². The zero-order valence-corrected chi connectivity index (χ0v) is 9.72. The third-order valence-corrected chi connectivity index (χ3v) is 2.81. The minimum atomic E-state index is -0.178. The number of nitrogens with zero attached hydrogens (tertiary/aromatic N) is 1. The molecule has 0 spiro atoms. The Labute approximate surface area is 104 Å². The molecule has 1 heterocycles. The van der Waals surface area contributed by atoms with Crippen LogP contribution in [0.5, 0.6) is 0 Å². The number of rotatable bonds is 3. The summed E-state index contributed by atoms with van der Waals surface area (Å²) in [6.07, 6.45) is 3.48. The van der Waals surface area contributed by atoms with Crippen molar-refractivity contribution in [3.05, 3.63) is 36.2 Å². The van der Waals surface area contributed by atoms with Gasteiger partial charge in [-0.3, -0.25) is 4.79 Å². The predicted octanol–water partition coefficient (Wildman–Crippen LogP) is 1.82. The third-order valence-electron chi connectivity index (χ3n) is 2.81. The Morgan fingerprint density at radius 3 is 2.72 bits per heavy atom. The molecule has 0 bridgehead atoms. The molecule has 92 valence electrons. The predicted molar refractivity (Wildman–Crippen MR) is 66.8 cm³/mol. The number of nitrogen functional groups attached to an aromatic ring is 1. The fraction of sp³-hybridized carbons (Fsp3) is 0.231. The Kier molecular flexibility index (Phi) is 2.51. The summed E-state index contributed by atoms with van der Waals surface area (Å²) in [5, 5.41) is 2.86. The molecule has 18 heavy (non-hydrogen) atoms. The summed E-state index contributed by atoms with van der Waals surface area (Å²) >= 11 is 0.